The van der Waals surface area contributed by atoms with Crippen molar-refractivity contribution in [2.45, 2.75) is 6.42 Å². The summed E-state index contributed by atoms with van der Waals surface area (Å²) in [6, 6.07) is 13.4. The number of carboxylic acid groups (broad SMARTS) is 1. The fourth-order valence-corrected chi connectivity index (χ4v) is 2.43. The summed E-state index contributed by atoms with van der Waals surface area (Å²) in [5, 5.41) is 9.89. The van der Waals surface area contributed by atoms with Crippen LogP contribution in [0.3, 0.4) is 0 Å². The predicted molar refractivity (Wildman–Crippen MR) is 79.5 cm³/mol. The fraction of sp³-hybridized carbons (Fsp3) is 0.118. The third kappa shape index (κ3) is 2.48. The van der Waals surface area contributed by atoms with Gasteiger partial charge in [-0.15, -0.1) is 0 Å². The monoisotopic (exact) mass is 282 g/mol. The van der Waals surface area contributed by atoms with Crippen molar-refractivity contribution in [3.63, 3.8) is 0 Å². The number of carboxylic acids is 1. The van der Waals surface area contributed by atoms with Crippen LogP contribution >= 0.6 is 0 Å². The van der Waals surface area contributed by atoms with Crippen molar-refractivity contribution in [1.29, 1.82) is 0 Å². The molecule has 106 valence electrons. The first kappa shape index (κ1) is 13.2. The number of hydrogen-bond acceptors (Lipinski definition) is 3. The van der Waals surface area contributed by atoms with Crippen molar-refractivity contribution in [3.8, 4) is 16.9 Å². The molecular formula is C17H14O4. The van der Waals surface area contributed by atoms with Crippen molar-refractivity contribution < 1.29 is 19.1 Å². The number of ether oxygens (including phenoxy) is 1. The molecule has 0 atom stereocenters. The van der Waals surface area contributed by atoms with E-state index in [9.17, 15) is 4.79 Å². The van der Waals surface area contributed by atoms with Crippen molar-refractivity contribution >= 4 is 16.9 Å². The van der Waals surface area contributed by atoms with Gasteiger partial charge in [0, 0.05) is 16.5 Å². The zero-order valence-corrected chi connectivity index (χ0v) is 11.5. The number of methoxy groups -OCH3 is 1. The molecule has 2 aromatic carbocycles. The Bertz CT molecular complexity index is 787. The van der Waals surface area contributed by atoms with Crippen LogP contribution in [0, 0.1) is 0 Å². The van der Waals surface area contributed by atoms with E-state index < -0.39 is 5.97 Å². The highest BCUT2D eigenvalue weighted by atomic mass is 16.5. The molecule has 3 aromatic rings. The Morgan fingerprint density at radius 3 is 2.67 bits per heavy atom. The first-order valence-electron chi connectivity index (χ1n) is 6.54. The van der Waals surface area contributed by atoms with Crippen LogP contribution in [0.5, 0.6) is 5.75 Å². The smallest absolute Gasteiger partial charge is 0.307 e. The molecule has 1 heterocycles. The van der Waals surface area contributed by atoms with E-state index in [1.807, 2.05) is 36.4 Å². The Labute approximate surface area is 121 Å². The van der Waals surface area contributed by atoms with Gasteiger partial charge in [-0.05, 0) is 17.7 Å². The number of rotatable bonds is 4. The summed E-state index contributed by atoms with van der Waals surface area (Å²) in [5.74, 6) is -0.278. The first-order chi connectivity index (χ1) is 10.2. The minimum Gasteiger partial charge on any atom is -0.497 e. The molecule has 0 aliphatic carbocycles. The molecular weight excluding hydrogens is 268 g/mol. The summed E-state index contributed by atoms with van der Waals surface area (Å²) < 4.78 is 10.9. The molecule has 0 spiro atoms. The SMILES string of the molecule is COc1cc(CC(=O)O)c2occ(-c3ccccc3)c2c1. The Morgan fingerprint density at radius 2 is 2.00 bits per heavy atom. The molecule has 21 heavy (non-hydrogen) atoms. The lowest BCUT2D eigenvalue weighted by atomic mass is 10.0. The van der Waals surface area contributed by atoms with E-state index in [0.717, 1.165) is 16.5 Å². The van der Waals surface area contributed by atoms with Gasteiger partial charge in [0.25, 0.3) is 0 Å². The molecule has 0 fully saturated rings. The Hall–Kier alpha value is -2.75. The van der Waals surface area contributed by atoms with Crippen molar-refractivity contribution in [3.05, 3.63) is 54.3 Å². The van der Waals surface area contributed by atoms with Gasteiger partial charge in [0.15, 0.2) is 0 Å². The van der Waals surface area contributed by atoms with E-state index in [2.05, 4.69) is 0 Å². The number of aliphatic carboxylic acids is 1. The predicted octanol–water partition coefficient (Wildman–Crippen LogP) is 3.74. The van der Waals surface area contributed by atoms with Crippen LogP contribution in [-0.4, -0.2) is 18.2 Å². The minimum absolute atomic E-state index is 0.102. The molecule has 1 aromatic heterocycles. The Balaban J connectivity index is 2.23. The molecule has 4 heteroatoms. The summed E-state index contributed by atoms with van der Waals surface area (Å²) >= 11 is 0. The fourth-order valence-electron chi connectivity index (χ4n) is 2.43. The molecule has 0 saturated carbocycles. The van der Waals surface area contributed by atoms with E-state index in [1.54, 1.807) is 19.4 Å². The van der Waals surface area contributed by atoms with Crippen LogP contribution in [0.15, 0.2) is 53.1 Å². The second-order valence-electron chi connectivity index (χ2n) is 4.75. The largest absolute Gasteiger partial charge is 0.497 e. The lowest BCUT2D eigenvalue weighted by Crippen LogP contribution is -2.00. The van der Waals surface area contributed by atoms with Crippen molar-refractivity contribution in [1.82, 2.24) is 0 Å². The Morgan fingerprint density at radius 1 is 1.24 bits per heavy atom. The molecule has 4 nitrogen and oxygen atoms in total. The highest BCUT2D eigenvalue weighted by Gasteiger charge is 2.15. The molecule has 1 N–H and O–H groups in total. The standard InChI is InChI=1S/C17H14O4/c1-20-13-7-12(8-16(18)19)17-14(9-13)15(10-21-17)11-5-3-2-4-6-11/h2-7,9-10H,8H2,1H3,(H,18,19). The first-order valence-corrected chi connectivity index (χ1v) is 6.54. The number of carbonyl (C=O) groups is 1. The van der Waals surface area contributed by atoms with Crippen LogP contribution in [0.4, 0.5) is 0 Å². The van der Waals surface area contributed by atoms with Gasteiger partial charge in [-0.3, -0.25) is 4.79 Å². The maximum Gasteiger partial charge on any atom is 0.307 e. The van der Waals surface area contributed by atoms with Crippen LogP contribution < -0.4 is 4.74 Å². The van der Waals surface area contributed by atoms with Gasteiger partial charge in [0.1, 0.15) is 11.3 Å². The summed E-state index contributed by atoms with van der Waals surface area (Å²) in [4.78, 5) is 11.0. The molecule has 0 aliphatic rings. The number of benzene rings is 2. The summed E-state index contributed by atoms with van der Waals surface area (Å²) in [5.41, 5.74) is 3.15. The van der Waals surface area contributed by atoms with E-state index >= 15 is 0 Å². The minimum atomic E-state index is -0.901. The zero-order chi connectivity index (χ0) is 14.8. The van der Waals surface area contributed by atoms with E-state index in [-0.39, 0.29) is 6.42 Å². The third-order valence-corrected chi connectivity index (χ3v) is 3.39. The van der Waals surface area contributed by atoms with Gasteiger partial charge in [-0.2, -0.15) is 0 Å². The van der Waals surface area contributed by atoms with E-state index in [4.69, 9.17) is 14.3 Å². The second-order valence-corrected chi connectivity index (χ2v) is 4.75. The van der Waals surface area contributed by atoms with Gasteiger partial charge >= 0.3 is 5.97 Å². The second kappa shape index (κ2) is 5.32. The molecule has 0 bridgehead atoms. The average Bonchev–Trinajstić information content (AvgIpc) is 2.91. The molecule has 3 rings (SSSR count). The number of furan rings is 1. The summed E-state index contributed by atoms with van der Waals surface area (Å²) in [6.45, 7) is 0. The molecule has 0 radical (unpaired) electrons. The van der Waals surface area contributed by atoms with Gasteiger partial charge < -0.3 is 14.3 Å². The normalized spacial score (nSPS) is 10.7. The lowest BCUT2D eigenvalue weighted by Gasteiger charge is -2.05. The van der Waals surface area contributed by atoms with E-state index in [1.165, 1.54) is 0 Å². The quantitative estimate of drug-likeness (QED) is 0.792. The van der Waals surface area contributed by atoms with Gasteiger partial charge in [-0.1, -0.05) is 30.3 Å². The molecule has 0 saturated heterocycles. The van der Waals surface area contributed by atoms with Gasteiger partial charge in [-0.25, -0.2) is 0 Å². The number of fused-ring (bicyclic) bond motifs is 1. The zero-order valence-electron chi connectivity index (χ0n) is 11.5. The van der Waals surface area contributed by atoms with Crippen LogP contribution in [-0.2, 0) is 11.2 Å². The van der Waals surface area contributed by atoms with E-state index in [0.29, 0.717) is 16.9 Å². The highest BCUT2D eigenvalue weighted by Crippen LogP contribution is 2.35. The molecule has 0 unspecified atom stereocenters. The third-order valence-electron chi connectivity index (χ3n) is 3.39. The van der Waals surface area contributed by atoms with Crippen molar-refractivity contribution in [2.24, 2.45) is 0 Å². The maximum absolute atomic E-state index is 11.0. The van der Waals surface area contributed by atoms with Gasteiger partial charge in [0.2, 0.25) is 0 Å². The van der Waals surface area contributed by atoms with Crippen LogP contribution in [0.1, 0.15) is 5.56 Å². The summed E-state index contributed by atoms with van der Waals surface area (Å²) in [6.07, 6.45) is 1.56. The molecule has 0 amide bonds. The van der Waals surface area contributed by atoms with Crippen LogP contribution in [0.25, 0.3) is 22.1 Å². The lowest BCUT2D eigenvalue weighted by molar-refractivity contribution is -0.136. The number of hydrogen-bond donors (Lipinski definition) is 1. The molecule has 0 aliphatic heterocycles. The average molecular weight is 282 g/mol. The maximum atomic E-state index is 11.0. The van der Waals surface area contributed by atoms with Crippen LogP contribution in [0.2, 0.25) is 0 Å². The summed E-state index contributed by atoms with van der Waals surface area (Å²) in [7, 11) is 1.56. The topological polar surface area (TPSA) is 59.7 Å². The Kier molecular flexibility index (Phi) is 3.36. The highest BCUT2D eigenvalue weighted by molar-refractivity contribution is 5.97. The van der Waals surface area contributed by atoms with Gasteiger partial charge in [0.05, 0.1) is 19.8 Å². The van der Waals surface area contributed by atoms with Crippen molar-refractivity contribution in [2.75, 3.05) is 7.11 Å².